The molecule has 11 heavy (non-hydrogen) atoms. The number of hydrogen-bond donors (Lipinski definition) is 0. The fraction of sp³-hybridized carbons (Fsp3) is 0.818. The van der Waals surface area contributed by atoms with Crippen molar-refractivity contribution in [1.29, 1.82) is 0 Å². The first-order valence-electron chi connectivity index (χ1n) is 4.69. The summed E-state index contributed by atoms with van der Waals surface area (Å²) in [5, 5.41) is 0. The average Bonchev–Trinajstić information content (AvgIpc) is 1.86. The molecular formula is C11H20. The Morgan fingerprint density at radius 1 is 1.36 bits per heavy atom. The van der Waals surface area contributed by atoms with Gasteiger partial charge in [0.05, 0.1) is 0 Å². The van der Waals surface area contributed by atoms with Gasteiger partial charge in [-0.1, -0.05) is 39.3 Å². The van der Waals surface area contributed by atoms with Gasteiger partial charge >= 0.3 is 0 Å². The van der Waals surface area contributed by atoms with Gasteiger partial charge in [-0.05, 0) is 30.6 Å². The Labute approximate surface area is 70.7 Å². The van der Waals surface area contributed by atoms with Crippen LogP contribution < -0.4 is 0 Å². The largest absolute Gasteiger partial charge is 0.0845 e. The summed E-state index contributed by atoms with van der Waals surface area (Å²) in [6.07, 6.45) is 6.47. The number of hydrogen-bond acceptors (Lipinski definition) is 0. The first-order chi connectivity index (χ1) is 5.00. The van der Waals surface area contributed by atoms with Gasteiger partial charge in [-0.15, -0.1) is 0 Å². The van der Waals surface area contributed by atoms with Gasteiger partial charge in [0, 0.05) is 0 Å². The van der Waals surface area contributed by atoms with Crippen LogP contribution in [-0.4, -0.2) is 0 Å². The van der Waals surface area contributed by atoms with Crippen LogP contribution >= 0.6 is 0 Å². The zero-order valence-electron chi connectivity index (χ0n) is 8.28. The first kappa shape index (κ1) is 8.83. The third-order valence-corrected chi connectivity index (χ3v) is 2.64. The van der Waals surface area contributed by atoms with Crippen LogP contribution in [0.2, 0.25) is 0 Å². The van der Waals surface area contributed by atoms with E-state index in [2.05, 4.69) is 33.8 Å². The van der Waals surface area contributed by atoms with E-state index in [1.807, 2.05) is 0 Å². The minimum atomic E-state index is 0.417. The molecule has 0 fully saturated rings. The fourth-order valence-corrected chi connectivity index (χ4v) is 1.65. The number of rotatable bonds is 0. The molecule has 1 aliphatic rings. The van der Waals surface area contributed by atoms with Gasteiger partial charge in [-0.25, -0.2) is 0 Å². The molecule has 0 radical (unpaired) electrons. The lowest BCUT2D eigenvalue weighted by Gasteiger charge is -2.28. The second-order valence-corrected chi connectivity index (χ2v) is 4.86. The SMILES string of the molecule is C[C@@H]1CC=C(C(C)(C)C)CC1. The maximum absolute atomic E-state index is 2.45. The molecule has 1 rings (SSSR count). The summed E-state index contributed by atoms with van der Waals surface area (Å²) < 4.78 is 0. The smallest absolute Gasteiger partial charge is 0.0173 e. The summed E-state index contributed by atoms with van der Waals surface area (Å²) in [5.74, 6) is 0.918. The summed E-state index contributed by atoms with van der Waals surface area (Å²) in [7, 11) is 0. The minimum Gasteiger partial charge on any atom is -0.0845 e. The van der Waals surface area contributed by atoms with Crippen molar-refractivity contribution in [3.63, 3.8) is 0 Å². The van der Waals surface area contributed by atoms with Crippen LogP contribution in [0.25, 0.3) is 0 Å². The van der Waals surface area contributed by atoms with Crippen molar-refractivity contribution in [1.82, 2.24) is 0 Å². The van der Waals surface area contributed by atoms with E-state index in [4.69, 9.17) is 0 Å². The third kappa shape index (κ3) is 2.36. The van der Waals surface area contributed by atoms with Crippen LogP contribution in [-0.2, 0) is 0 Å². The van der Waals surface area contributed by atoms with E-state index in [9.17, 15) is 0 Å². The highest BCUT2D eigenvalue weighted by atomic mass is 14.3. The summed E-state index contributed by atoms with van der Waals surface area (Å²) >= 11 is 0. The lowest BCUT2D eigenvalue weighted by atomic mass is 9.78. The third-order valence-electron chi connectivity index (χ3n) is 2.64. The van der Waals surface area contributed by atoms with Crippen molar-refractivity contribution in [3.8, 4) is 0 Å². The van der Waals surface area contributed by atoms with Crippen molar-refractivity contribution in [2.75, 3.05) is 0 Å². The van der Waals surface area contributed by atoms with Gasteiger partial charge in [0.1, 0.15) is 0 Å². The van der Waals surface area contributed by atoms with Crippen LogP contribution in [0.3, 0.4) is 0 Å². The predicted octanol–water partition coefficient (Wildman–Crippen LogP) is 3.78. The normalized spacial score (nSPS) is 26.5. The minimum absolute atomic E-state index is 0.417. The Balaban J connectivity index is 2.62. The molecule has 0 saturated heterocycles. The number of allylic oxidation sites excluding steroid dienone is 2. The molecule has 1 atom stereocenters. The molecule has 0 aliphatic heterocycles. The molecule has 0 aromatic heterocycles. The Kier molecular flexibility index (Phi) is 2.41. The molecule has 0 unspecified atom stereocenters. The van der Waals surface area contributed by atoms with Gasteiger partial charge in [0.15, 0.2) is 0 Å². The Bertz CT molecular complexity index is 157. The van der Waals surface area contributed by atoms with E-state index in [0.717, 1.165) is 5.92 Å². The molecule has 0 aromatic carbocycles. The molecule has 0 amide bonds. The van der Waals surface area contributed by atoms with Gasteiger partial charge in [0.2, 0.25) is 0 Å². The van der Waals surface area contributed by atoms with Gasteiger partial charge in [-0.3, -0.25) is 0 Å². The van der Waals surface area contributed by atoms with E-state index in [-0.39, 0.29) is 0 Å². The topological polar surface area (TPSA) is 0 Å². The molecule has 0 heterocycles. The Morgan fingerprint density at radius 2 is 2.00 bits per heavy atom. The second-order valence-electron chi connectivity index (χ2n) is 4.86. The second kappa shape index (κ2) is 3.00. The van der Waals surface area contributed by atoms with Crippen molar-refractivity contribution in [2.24, 2.45) is 11.3 Å². The van der Waals surface area contributed by atoms with Crippen LogP contribution in [0, 0.1) is 11.3 Å². The summed E-state index contributed by atoms with van der Waals surface area (Å²) in [6.45, 7) is 9.29. The molecular weight excluding hydrogens is 132 g/mol. The molecule has 1 aliphatic carbocycles. The van der Waals surface area contributed by atoms with Crippen molar-refractivity contribution in [2.45, 2.75) is 47.0 Å². The maximum atomic E-state index is 2.45. The zero-order chi connectivity index (χ0) is 8.48. The monoisotopic (exact) mass is 152 g/mol. The van der Waals surface area contributed by atoms with E-state index in [1.165, 1.54) is 19.3 Å². The first-order valence-corrected chi connectivity index (χ1v) is 4.69. The molecule has 0 aromatic rings. The Morgan fingerprint density at radius 3 is 2.36 bits per heavy atom. The predicted molar refractivity (Wildman–Crippen MR) is 50.6 cm³/mol. The van der Waals surface area contributed by atoms with Gasteiger partial charge in [-0.2, -0.15) is 0 Å². The van der Waals surface area contributed by atoms with E-state index >= 15 is 0 Å². The van der Waals surface area contributed by atoms with Gasteiger partial charge < -0.3 is 0 Å². The fourth-order valence-electron chi connectivity index (χ4n) is 1.65. The molecule has 0 heteroatoms. The lowest BCUT2D eigenvalue weighted by Crippen LogP contribution is -2.14. The lowest BCUT2D eigenvalue weighted by molar-refractivity contribution is 0.421. The molecule has 0 saturated carbocycles. The molecule has 0 nitrogen and oxygen atoms in total. The standard InChI is InChI=1S/C11H20/c1-9-5-7-10(8-6-9)11(2,3)4/h7,9H,5-6,8H2,1-4H3/t9-/m1/s1. The quantitative estimate of drug-likeness (QED) is 0.463. The van der Waals surface area contributed by atoms with Crippen molar-refractivity contribution >= 4 is 0 Å². The molecule has 0 N–H and O–H groups in total. The Hall–Kier alpha value is -0.260. The van der Waals surface area contributed by atoms with Gasteiger partial charge in [0.25, 0.3) is 0 Å². The molecule has 0 spiro atoms. The van der Waals surface area contributed by atoms with Crippen molar-refractivity contribution in [3.05, 3.63) is 11.6 Å². The highest BCUT2D eigenvalue weighted by Crippen LogP contribution is 2.34. The highest BCUT2D eigenvalue weighted by molar-refractivity contribution is 5.13. The summed E-state index contributed by atoms with van der Waals surface area (Å²) in [6, 6.07) is 0. The van der Waals surface area contributed by atoms with E-state index in [1.54, 1.807) is 5.57 Å². The zero-order valence-corrected chi connectivity index (χ0v) is 8.28. The van der Waals surface area contributed by atoms with Crippen molar-refractivity contribution < 1.29 is 0 Å². The average molecular weight is 152 g/mol. The van der Waals surface area contributed by atoms with Crippen LogP contribution in [0.15, 0.2) is 11.6 Å². The van der Waals surface area contributed by atoms with Crippen LogP contribution in [0.1, 0.15) is 47.0 Å². The van der Waals surface area contributed by atoms with Crippen LogP contribution in [0.4, 0.5) is 0 Å². The highest BCUT2D eigenvalue weighted by Gasteiger charge is 2.20. The molecule has 0 bridgehead atoms. The maximum Gasteiger partial charge on any atom is -0.0173 e. The van der Waals surface area contributed by atoms with E-state index < -0.39 is 0 Å². The summed E-state index contributed by atoms with van der Waals surface area (Å²) in [5.41, 5.74) is 2.08. The van der Waals surface area contributed by atoms with Crippen LogP contribution in [0.5, 0.6) is 0 Å². The van der Waals surface area contributed by atoms with E-state index in [0.29, 0.717) is 5.41 Å². The summed E-state index contributed by atoms with van der Waals surface area (Å²) in [4.78, 5) is 0. The molecule has 64 valence electrons.